The Morgan fingerprint density at radius 1 is 0.636 bits per heavy atom. The van der Waals surface area contributed by atoms with Crippen molar-refractivity contribution in [1.29, 1.82) is 0 Å². The van der Waals surface area contributed by atoms with Crippen molar-refractivity contribution in [2.75, 3.05) is 19.7 Å². The van der Waals surface area contributed by atoms with Crippen LogP contribution in [-0.4, -0.2) is 35.9 Å². The lowest BCUT2D eigenvalue weighted by Crippen LogP contribution is -2.19. The predicted molar refractivity (Wildman–Crippen MR) is 92.2 cm³/mol. The quantitative estimate of drug-likeness (QED) is 0.333. The Morgan fingerprint density at radius 2 is 1.05 bits per heavy atom. The molecule has 0 saturated carbocycles. The molecule has 0 aliphatic carbocycles. The topological polar surface area (TPSA) is 69.6 Å². The van der Waals surface area contributed by atoms with Gasteiger partial charge in [0.2, 0.25) is 0 Å². The normalized spacial score (nSPS) is 11.0. The number of unbranched alkanes of at least 4 members (excludes halogenated alkanes) is 12. The second-order valence-corrected chi connectivity index (χ2v) is 6.21. The first-order valence-corrected chi connectivity index (χ1v) is 9.30. The number of carboxylic acids is 1. The predicted octanol–water partition coefficient (Wildman–Crippen LogP) is 4.11. The van der Waals surface area contributed by atoms with Gasteiger partial charge in [0.25, 0.3) is 0 Å². The van der Waals surface area contributed by atoms with Gasteiger partial charge >= 0.3 is 5.97 Å². The molecule has 0 heterocycles. The van der Waals surface area contributed by atoms with E-state index in [9.17, 15) is 4.79 Å². The van der Waals surface area contributed by atoms with Gasteiger partial charge in [0.05, 0.1) is 6.61 Å². The van der Waals surface area contributed by atoms with Crippen molar-refractivity contribution in [3.05, 3.63) is 0 Å². The number of aliphatic hydroxyl groups is 1. The van der Waals surface area contributed by atoms with Crippen LogP contribution in [0.15, 0.2) is 0 Å². The Kier molecular flexibility index (Phi) is 17.9. The molecule has 0 rings (SSSR count). The first-order chi connectivity index (χ1) is 10.8. The largest absolute Gasteiger partial charge is 0.481 e. The zero-order chi connectivity index (χ0) is 16.3. The first kappa shape index (κ1) is 21.4. The maximum Gasteiger partial charge on any atom is 0.303 e. The molecular weight excluding hydrogens is 278 g/mol. The molecule has 0 aliphatic heterocycles. The average molecular weight is 315 g/mol. The lowest BCUT2D eigenvalue weighted by atomic mass is 10.0. The second kappa shape index (κ2) is 18.4. The van der Waals surface area contributed by atoms with Gasteiger partial charge in [-0.05, 0) is 19.4 Å². The fourth-order valence-electron chi connectivity index (χ4n) is 2.67. The van der Waals surface area contributed by atoms with Crippen LogP contribution < -0.4 is 5.32 Å². The number of aliphatic hydroxyl groups excluding tert-OH is 1. The Morgan fingerprint density at radius 3 is 1.45 bits per heavy atom. The van der Waals surface area contributed by atoms with Gasteiger partial charge in [-0.1, -0.05) is 70.6 Å². The minimum Gasteiger partial charge on any atom is -0.481 e. The summed E-state index contributed by atoms with van der Waals surface area (Å²) < 4.78 is 0. The molecule has 0 spiro atoms. The molecule has 4 heteroatoms. The number of aliphatic carboxylic acids is 1. The number of carboxylic acid groups (broad SMARTS) is 1. The molecule has 0 aliphatic rings. The molecule has 0 unspecified atom stereocenters. The Balaban J connectivity index is 2.95. The molecule has 0 aromatic rings. The van der Waals surface area contributed by atoms with Crippen LogP contribution in [0.25, 0.3) is 0 Å². The van der Waals surface area contributed by atoms with Crippen LogP contribution in [0.4, 0.5) is 0 Å². The van der Waals surface area contributed by atoms with E-state index in [0.717, 1.165) is 25.9 Å². The minimum absolute atomic E-state index is 0.238. The molecular formula is C18H37NO3. The van der Waals surface area contributed by atoms with E-state index in [1.165, 1.54) is 70.6 Å². The van der Waals surface area contributed by atoms with Crippen molar-refractivity contribution in [3.63, 3.8) is 0 Å². The van der Waals surface area contributed by atoms with Crippen LogP contribution in [-0.2, 0) is 4.79 Å². The van der Waals surface area contributed by atoms with E-state index in [1.807, 2.05) is 0 Å². The van der Waals surface area contributed by atoms with Crippen LogP contribution in [0.1, 0.15) is 89.9 Å². The van der Waals surface area contributed by atoms with Crippen LogP contribution in [0.5, 0.6) is 0 Å². The second-order valence-electron chi connectivity index (χ2n) is 6.21. The standard InChI is InChI=1S/C18H37NO3/c20-17-16-19-15-13-11-9-7-5-3-1-2-4-6-8-10-12-14-18(21)22/h19-20H,1-17H2,(H,21,22). The molecule has 0 fully saturated rings. The highest BCUT2D eigenvalue weighted by molar-refractivity contribution is 5.66. The van der Waals surface area contributed by atoms with Gasteiger partial charge in [-0.15, -0.1) is 0 Å². The third kappa shape index (κ3) is 19.4. The van der Waals surface area contributed by atoms with Gasteiger partial charge in [-0.3, -0.25) is 4.79 Å². The molecule has 0 aromatic carbocycles. The summed E-state index contributed by atoms with van der Waals surface area (Å²) in [7, 11) is 0. The lowest BCUT2D eigenvalue weighted by Gasteiger charge is -2.04. The Hall–Kier alpha value is -0.610. The number of carbonyl (C=O) groups is 1. The van der Waals surface area contributed by atoms with Crippen LogP contribution in [0.3, 0.4) is 0 Å². The summed E-state index contributed by atoms with van der Waals surface area (Å²) in [6.45, 7) is 1.99. The number of nitrogens with one attached hydrogen (secondary N) is 1. The monoisotopic (exact) mass is 315 g/mol. The van der Waals surface area contributed by atoms with E-state index in [1.54, 1.807) is 0 Å². The zero-order valence-corrected chi connectivity index (χ0v) is 14.3. The highest BCUT2D eigenvalue weighted by atomic mass is 16.4. The van der Waals surface area contributed by atoms with E-state index in [4.69, 9.17) is 10.2 Å². The van der Waals surface area contributed by atoms with Gasteiger partial charge in [-0.2, -0.15) is 0 Å². The van der Waals surface area contributed by atoms with Crippen molar-refractivity contribution in [2.24, 2.45) is 0 Å². The number of rotatable bonds is 18. The van der Waals surface area contributed by atoms with E-state index < -0.39 is 5.97 Å². The van der Waals surface area contributed by atoms with Gasteiger partial charge < -0.3 is 15.5 Å². The third-order valence-corrected chi connectivity index (χ3v) is 4.03. The smallest absolute Gasteiger partial charge is 0.303 e. The summed E-state index contributed by atoms with van der Waals surface area (Å²) >= 11 is 0. The number of hydrogen-bond donors (Lipinski definition) is 3. The molecule has 3 N–H and O–H groups in total. The molecule has 132 valence electrons. The SMILES string of the molecule is O=C(O)CCCCCCCCCCCCCCCNCCO. The average Bonchev–Trinajstić information content (AvgIpc) is 2.50. The zero-order valence-electron chi connectivity index (χ0n) is 14.3. The maximum atomic E-state index is 10.3. The fraction of sp³-hybridized carbons (Fsp3) is 0.944. The molecule has 0 radical (unpaired) electrons. The molecule has 22 heavy (non-hydrogen) atoms. The maximum absolute atomic E-state index is 10.3. The van der Waals surface area contributed by atoms with Crippen LogP contribution in [0, 0.1) is 0 Å². The van der Waals surface area contributed by atoms with Gasteiger partial charge in [0.15, 0.2) is 0 Å². The molecule has 0 aromatic heterocycles. The molecule has 0 atom stereocenters. The molecule has 4 nitrogen and oxygen atoms in total. The third-order valence-electron chi connectivity index (χ3n) is 4.03. The van der Waals surface area contributed by atoms with Crippen molar-refractivity contribution in [1.82, 2.24) is 5.32 Å². The molecule has 0 amide bonds. The van der Waals surface area contributed by atoms with Crippen molar-refractivity contribution < 1.29 is 15.0 Å². The first-order valence-electron chi connectivity index (χ1n) is 9.30. The Labute approximate surface area is 136 Å². The fourth-order valence-corrected chi connectivity index (χ4v) is 2.67. The summed E-state index contributed by atoms with van der Waals surface area (Å²) in [5, 5.41) is 20.3. The Bertz CT molecular complexity index is 234. The molecule has 0 saturated heterocycles. The van der Waals surface area contributed by atoms with Crippen LogP contribution >= 0.6 is 0 Å². The lowest BCUT2D eigenvalue weighted by molar-refractivity contribution is -0.137. The van der Waals surface area contributed by atoms with E-state index >= 15 is 0 Å². The summed E-state index contributed by atoms with van der Waals surface area (Å²) in [5.41, 5.74) is 0. The summed E-state index contributed by atoms with van der Waals surface area (Å²) in [4.78, 5) is 10.3. The van der Waals surface area contributed by atoms with Gasteiger partial charge in [-0.25, -0.2) is 0 Å². The number of hydrogen-bond acceptors (Lipinski definition) is 3. The minimum atomic E-state index is -0.665. The van der Waals surface area contributed by atoms with Crippen molar-refractivity contribution in [2.45, 2.75) is 89.9 Å². The van der Waals surface area contributed by atoms with Crippen molar-refractivity contribution >= 4 is 5.97 Å². The van der Waals surface area contributed by atoms with E-state index in [0.29, 0.717) is 6.42 Å². The van der Waals surface area contributed by atoms with E-state index in [-0.39, 0.29) is 6.61 Å². The summed E-state index contributed by atoms with van der Waals surface area (Å²) in [5.74, 6) is -0.665. The summed E-state index contributed by atoms with van der Waals surface area (Å²) in [6, 6.07) is 0. The summed E-state index contributed by atoms with van der Waals surface area (Å²) in [6.07, 6.45) is 16.6. The van der Waals surface area contributed by atoms with Crippen LogP contribution in [0.2, 0.25) is 0 Å². The van der Waals surface area contributed by atoms with E-state index in [2.05, 4.69) is 5.32 Å². The highest BCUT2D eigenvalue weighted by Gasteiger charge is 1.97. The van der Waals surface area contributed by atoms with Crippen molar-refractivity contribution in [3.8, 4) is 0 Å². The molecule has 0 bridgehead atoms. The van der Waals surface area contributed by atoms with Gasteiger partial charge in [0, 0.05) is 13.0 Å². The highest BCUT2D eigenvalue weighted by Crippen LogP contribution is 2.12. The van der Waals surface area contributed by atoms with Gasteiger partial charge in [0.1, 0.15) is 0 Å².